The van der Waals surface area contributed by atoms with Crippen molar-refractivity contribution in [2.45, 2.75) is 6.61 Å². The number of aromatic nitrogens is 2. The van der Waals surface area contributed by atoms with Crippen molar-refractivity contribution < 1.29 is 4.74 Å². The lowest BCUT2D eigenvalue weighted by atomic mass is 10.2. The van der Waals surface area contributed by atoms with Gasteiger partial charge in [0.05, 0.1) is 21.7 Å². The van der Waals surface area contributed by atoms with Crippen LogP contribution >= 0.6 is 39.1 Å². The normalized spacial score (nSPS) is 11.3. The third-order valence-corrected chi connectivity index (χ3v) is 5.33. The fourth-order valence-electron chi connectivity index (χ4n) is 2.68. The molecule has 0 atom stereocenters. The Hall–Kier alpha value is -2.54. The first-order valence-electron chi connectivity index (χ1n) is 8.68. The number of halogens is 3. The van der Waals surface area contributed by atoms with Crippen LogP contribution in [-0.2, 0) is 6.61 Å². The lowest BCUT2D eigenvalue weighted by molar-refractivity contribution is 0.304. The van der Waals surface area contributed by atoms with Crippen LogP contribution in [-0.4, -0.2) is 16.2 Å². The zero-order valence-electron chi connectivity index (χ0n) is 15.0. The summed E-state index contributed by atoms with van der Waals surface area (Å²) in [5.74, 6) is 1.29. The van der Waals surface area contributed by atoms with Crippen LogP contribution in [0.3, 0.4) is 0 Å². The van der Waals surface area contributed by atoms with Gasteiger partial charge in [0.2, 0.25) is 5.95 Å². The fourth-order valence-corrected chi connectivity index (χ4v) is 3.66. The number of anilines is 1. The number of fused-ring (bicyclic) bond motifs is 1. The van der Waals surface area contributed by atoms with Gasteiger partial charge in [-0.3, -0.25) is 0 Å². The standard InChI is InChI=1S/C21H15BrCl2N4O/c22-16-9-13(11-25-28-21-26-18-3-1-2-4-19(18)27-21)5-8-20(16)29-12-14-6-7-15(23)10-17(14)24/h1-11H,12H2,(H2,26,27,28)/b25-11+. The van der Waals surface area contributed by atoms with Crippen molar-refractivity contribution in [3.8, 4) is 5.75 Å². The monoisotopic (exact) mass is 488 g/mol. The van der Waals surface area contributed by atoms with E-state index in [1.54, 1.807) is 18.3 Å². The lowest BCUT2D eigenvalue weighted by Gasteiger charge is -2.10. The number of hydrogen-bond acceptors (Lipinski definition) is 4. The summed E-state index contributed by atoms with van der Waals surface area (Å²) in [5, 5.41) is 5.41. The molecule has 3 aromatic carbocycles. The average molecular weight is 490 g/mol. The van der Waals surface area contributed by atoms with Crippen LogP contribution in [0.1, 0.15) is 11.1 Å². The summed E-state index contributed by atoms with van der Waals surface area (Å²) in [6.07, 6.45) is 1.71. The van der Waals surface area contributed by atoms with Gasteiger partial charge < -0.3 is 9.72 Å². The van der Waals surface area contributed by atoms with Gasteiger partial charge in [-0.25, -0.2) is 10.4 Å². The molecule has 0 aliphatic heterocycles. The number of nitrogens with one attached hydrogen (secondary N) is 2. The maximum atomic E-state index is 6.19. The molecule has 4 aromatic rings. The van der Waals surface area contributed by atoms with Gasteiger partial charge in [-0.1, -0.05) is 41.4 Å². The number of hydrogen-bond donors (Lipinski definition) is 2. The minimum Gasteiger partial charge on any atom is -0.488 e. The van der Waals surface area contributed by atoms with Crippen LogP contribution in [0.5, 0.6) is 5.75 Å². The molecule has 0 amide bonds. The predicted octanol–water partition coefficient (Wildman–Crippen LogP) is 6.66. The Labute approximate surface area is 185 Å². The van der Waals surface area contributed by atoms with Gasteiger partial charge in [-0.2, -0.15) is 5.10 Å². The average Bonchev–Trinajstić information content (AvgIpc) is 3.11. The van der Waals surface area contributed by atoms with Crippen LogP contribution in [0.15, 0.2) is 70.2 Å². The lowest BCUT2D eigenvalue weighted by Crippen LogP contribution is -1.98. The molecule has 0 aliphatic carbocycles. The van der Waals surface area contributed by atoms with Gasteiger partial charge in [-0.15, -0.1) is 0 Å². The Morgan fingerprint density at radius 1 is 1.10 bits per heavy atom. The smallest absolute Gasteiger partial charge is 0.222 e. The molecule has 146 valence electrons. The van der Waals surface area contributed by atoms with E-state index in [4.69, 9.17) is 27.9 Å². The van der Waals surface area contributed by atoms with Gasteiger partial charge in [0.1, 0.15) is 12.4 Å². The highest BCUT2D eigenvalue weighted by Crippen LogP contribution is 2.28. The highest BCUT2D eigenvalue weighted by Gasteiger charge is 2.06. The first kappa shape index (κ1) is 19.8. The molecule has 1 aromatic heterocycles. The molecule has 0 saturated heterocycles. The van der Waals surface area contributed by atoms with Crippen molar-refractivity contribution in [1.82, 2.24) is 9.97 Å². The van der Waals surface area contributed by atoms with E-state index in [2.05, 4.69) is 36.4 Å². The molecule has 4 rings (SSSR count). The predicted molar refractivity (Wildman–Crippen MR) is 122 cm³/mol. The number of ether oxygens (including phenoxy) is 1. The van der Waals surface area contributed by atoms with E-state index >= 15 is 0 Å². The SMILES string of the molecule is Clc1ccc(COc2ccc(/C=N/Nc3nc4ccccc4[nH]3)cc2Br)c(Cl)c1. The third kappa shape index (κ3) is 4.90. The summed E-state index contributed by atoms with van der Waals surface area (Å²) in [6.45, 7) is 0.343. The highest BCUT2D eigenvalue weighted by molar-refractivity contribution is 9.10. The molecule has 0 aliphatic rings. The number of benzene rings is 3. The van der Waals surface area contributed by atoms with Crippen molar-refractivity contribution in [2.75, 3.05) is 5.43 Å². The Bertz CT molecular complexity index is 1160. The summed E-state index contributed by atoms with van der Waals surface area (Å²) in [7, 11) is 0. The highest BCUT2D eigenvalue weighted by atomic mass is 79.9. The number of H-pyrrole nitrogens is 1. The first-order valence-corrected chi connectivity index (χ1v) is 10.2. The molecule has 8 heteroatoms. The van der Waals surface area contributed by atoms with Crippen molar-refractivity contribution in [2.24, 2.45) is 5.10 Å². The summed E-state index contributed by atoms with van der Waals surface area (Å²) in [4.78, 5) is 7.57. The van der Waals surface area contributed by atoms with E-state index in [1.807, 2.05) is 48.5 Å². The topological polar surface area (TPSA) is 62.3 Å². The van der Waals surface area contributed by atoms with Crippen LogP contribution in [0, 0.1) is 0 Å². The van der Waals surface area contributed by atoms with E-state index in [-0.39, 0.29) is 0 Å². The molecule has 0 fully saturated rings. The molecule has 0 unspecified atom stereocenters. The van der Waals surface area contributed by atoms with E-state index in [9.17, 15) is 0 Å². The number of para-hydroxylation sites is 2. The van der Waals surface area contributed by atoms with Crippen molar-refractivity contribution in [3.63, 3.8) is 0 Å². The number of rotatable bonds is 6. The number of nitrogens with zero attached hydrogens (tertiary/aromatic N) is 2. The van der Waals surface area contributed by atoms with Gasteiger partial charge in [0, 0.05) is 15.6 Å². The quantitative estimate of drug-likeness (QED) is 0.235. The van der Waals surface area contributed by atoms with Gasteiger partial charge in [0.25, 0.3) is 0 Å². The summed E-state index contributed by atoms with van der Waals surface area (Å²) < 4.78 is 6.67. The van der Waals surface area contributed by atoms with Crippen LogP contribution in [0.25, 0.3) is 11.0 Å². The number of hydrazone groups is 1. The molecule has 0 spiro atoms. The van der Waals surface area contributed by atoms with Crippen LogP contribution in [0.2, 0.25) is 10.0 Å². The minimum atomic E-state index is 0.343. The Balaban J connectivity index is 1.39. The van der Waals surface area contributed by atoms with Gasteiger partial charge in [0.15, 0.2) is 0 Å². The molecule has 5 nitrogen and oxygen atoms in total. The largest absolute Gasteiger partial charge is 0.488 e. The zero-order valence-corrected chi connectivity index (χ0v) is 18.1. The van der Waals surface area contributed by atoms with Crippen molar-refractivity contribution in [1.29, 1.82) is 0 Å². The second kappa shape index (κ2) is 8.86. The number of imidazole rings is 1. The van der Waals surface area contributed by atoms with E-state index in [1.165, 1.54) is 0 Å². The molecule has 2 N–H and O–H groups in total. The second-order valence-corrected chi connectivity index (χ2v) is 7.88. The Morgan fingerprint density at radius 3 is 2.76 bits per heavy atom. The molecular weight excluding hydrogens is 475 g/mol. The number of aromatic amines is 1. The maximum Gasteiger partial charge on any atom is 0.222 e. The van der Waals surface area contributed by atoms with E-state index in [0.29, 0.717) is 28.3 Å². The summed E-state index contributed by atoms with van der Waals surface area (Å²) >= 11 is 15.6. The minimum absolute atomic E-state index is 0.343. The third-order valence-electron chi connectivity index (χ3n) is 4.13. The molecule has 1 heterocycles. The summed E-state index contributed by atoms with van der Waals surface area (Å²) in [5.41, 5.74) is 6.51. The van der Waals surface area contributed by atoms with Crippen molar-refractivity contribution in [3.05, 3.63) is 86.3 Å². The second-order valence-electron chi connectivity index (χ2n) is 6.19. The van der Waals surface area contributed by atoms with Gasteiger partial charge in [-0.05, 0) is 64.0 Å². The first-order chi connectivity index (χ1) is 14.1. The Kier molecular flexibility index (Phi) is 6.04. The van der Waals surface area contributed by atoms with E-state index < -0.39 is 0 Å². The molecule has 29 heavy (non-hydrogen) atoms. The molecule has 0 radical (unpaired) electrons. The van der Waals surface area contributed by atoms with Crippen LogP contribution in [0.4, 0.5) is 5.95 Å². The fraction of sp³-hybridized carbons (Fsp3) is 0.0476. The maximum absolute atomic E-state index is 6.19. The molecule has 0 bridgehead atoms. The molecular formula is C21H15BrCl2N4O. The van der Waals surface area contributed by atoms with Crippen LogP contribution < -0.4 is 10.2 Å². The summed E-state index contributed by atoms with van der Waals surface area (Å²) in [6, 6.07) is 18.8. The Morgan fingerprint density at radius 2 is 1.97 bits per heavy atom. The zero-order chi connectivity index (χ0) is 20.2. The van der Waals surface area contributed by atoms with E-state index in [0.717, 1.165) is 26.6 Å². The van der Waals surface area contributed by atoms with Gasteiger partial charge >= 0.3 is 0 Å². The molecule has 0 saturated carbocycles. The van der Waals surface area contributed by atoms with Crippen molar-refractivity contribution >= 4 is 62.3 Å².